The maximum atomic E-state index is 10.8. The molecule has 0 spiro atoms. The molecule has 0 saturated carbocycles. The van der Waals surface area contributed by atoms with Crippen LogP contribution < -0.4 is 5.32 Å². The molecule has 0 bridgehead atoms. The zero-order valence-electron chi connectivity index (χ0n) is 13.0. The fraction of sp³-hybridized carbons (Fsp3) is 0.250. The Morgan fingerprint density at radius 2 is 2.04 bits per heavy atom. The molecule has 0 saturated heterocycles. The van der Waals surface area contributed by atoms with E-state index in [2.05, 4.69) is 15.5 Å². The number of aryl methyl sites for hydroxylation is 2. The highest BCUT2D eigenvalue weighted by Crippen LogP contribution is 2.26. The van der Waals surface area contributed by atoms with Gasteiger partial charge in [0, 0.05) is 23.1 Å². The molecule has 1 aromatic carbocycles. The van der Waals surface area contributed by atoms with Crippen molar-refractivity contribution < 1.29 is 9.45 Å². The van der Waals surface area contributed by atoms with Crippen LogP contribution in [0.3, 0.4) is 0 Å². The van der Waals surface area contributed by atoms with Gasteiger partial charge in [0.15, 0.2) is 0 Å². The fourth-order valence-corrected chi connectivity index (χ4v) is 2.71. The molecule has 0 fully saturated rings. The molecule has 3 rings (SSSR count). The normalized spacial score (nSPS) is 12.3. The zero-order valence-corrected chi connectivity index (χ0v) is 13.0. The Kier molecular flexibility index (Phi) is 3.69. The van der Waals surface area contributed by atoms with E-state index in [-0.39, 0.29) is 11.7 Å². The molecule has 2 heterocycles. The average Bonchev–Trinajstić information content (AvgIpc) is 2.85. The maximum Gasteiger partial charge on any atom is 0.270 e. The minimum atomic E-state index is -0.412. The van der Waals surface area contributed by atoms with Gasteiger partial charge in [-0.25, -0.2) is 4.98 Å². The van der Waals surface area contributed by atoms with Crippen LogP contribution in [0.5, 0.6) is 0 Å². The second-order valence-electron chi connectivity index (χ2n) is 5.43. The van der Waals surface area contributed by atoms with Gasteiger partial charge < -0.3 is 9.84 Å². The number of rotatable bonds is 4. The lowest BCUT2D eigenvalue weighted by atomic mass is 10.1. The molecule has 0 radical (unpaired) electrons. The van der Waals surface area contributed by atoms with E-state index in [9.17, 15) is 10.1 Å². The van der Waals surface area contributed by atoms with Crippen molar-refractivity contribution in [1.29, 1.82) is 0 Å². The van der Waals surface area contributed by atoms with Gasteiger partial charge in [-0.1, -0.05) is 5.16 Å². The van der Waals surface area contributed by atoms with Crippen molar-refractivity contribution in [2.75, 3.05) is 5.32 Å². The van der Waals surface area contributed by atoms with Crippen molar-refractivity contribution >= 4 is 22.4 Å². The van der Waals surface area contributed by atoms with Gasteiger partial charge in [0.25, 0.3) is 5.69 Å². The minimum Gasteiger partial charge on any atom is -0.363 e. The molecule has 7 nitrogen and oxygen atoms in total. The lowest BCUT2D eigenvalue weighted by molar-refractivity contribution is -0.384. The van der Waals surface area contributed by atoms with Gasteiger partial charge in [-0.05, 0) is 39.0 Å². The number of nitro groups is 1. The van der Waals surface area contributed by atoms with E-state index in [4.69, 9.17) is 4.52 Å². The summed E-state index contributed by atoms with van der Waals surface area (Å²) in [5.41, 5.74) is 2.62. The quantitative estimate of drug-likeness (QED) is 0.579. The van der Waals surface area contributed by atoms with E-state index in [0.29, 0.717) is 11.3 Å². The van der Waals surface area contributed by atoms with E-state index in [1.165, 1.54) is 12.1 Å². The molecule has 2 aromatic heterocycles. The standard InChI is InChI=1S/C16H16N4O3/c1-9(16-10(2)19-23-11(16)3)17-15-7-4-12-8-13(20(21)22)5-6-14(12)18-15/h4-9H,1-3H3,(H,17,18). The Morgan fingerprint density at radius 1 is 1.26 bits per heavy atom. The molecule has 118 valence electrons. The second-order valence-corrected chi connectivity index (χ2v) is 5.43. The van der Waals surface area contributed by atoms with Crippen LogP contribution in [0.15, 0.2) is 34.9 Å². The van der Waals surface area contributed by atoms with Gasteiger partial charge in [0.05, 0.1) is 22.2 Å². The van der Waals surface area contributed by atoms with Crippen LogP contribution in [0.1, 0.15) is 30.0 Å². The van der Waals surface area contributed by atoms with E-state index in [0.717, 1.165) is 22.4 Å². The molecule has 3 aromatic rings. The van der Waals surface area contributed by atoms with Crippen molar-refractivity contribution in [3.8, 4) is 0 Å². The highest BCUT2D eigenvalue weighted by molar-refractivity contribution is 5.82. The number of fused-ring (bicyclic) bond motifs is 1. The summed E-state index contributed by atoms with van der Waals surface area (Å²) in [7, 11) is 0. The van der Waals surface area contributed by atoms with Gasteiger partial charge in [-0.2, -0.15) is 0 Å². The molecule has 0 amide bonds. The van der Waals surface area contributed by atoms with Gasteiger partial charge in [0.2, 0.25) is 0 Å². The lowest BCUT2D eigenvalue weighted by Gasteiger charge is -2.14. The number of anilines is 1. The summed E-state index contributed by atoms with van der Waals surface area (Å²) in [6.07, 6.45) is 0. The highest BCUT2D eigenvalue weighted by atomic mass is 16.6. The van der Waals surface area contributed by atoms with Crippen molar-refractivity contribution in [2.45, 2.75) is 26.8 Å². The van der Waals surface area contributed by atoms with Crippen molar-refractivity contribution in [3.05, 3.63) is 57.5 Å². The Hall–Kier alpha value is -2.96. The third-order valence-corrected chi connectivity index (χ3v) is 3.77. The van der Waals surface area contributed by atoms with E-state index < -0.39 is 4.92 Å². The monoisotopic (exact) mass is 312 g/mol. The molecule has 0 aliphatic carbocycles. The Morgan fingerprint density at radius 3 is 2.70 bits per heavy atom. The summed E-state index contributed by atoms with van der Waals surface area (Å²) >= 11 is 0. The summed E-state index contributed by atoms with van der Waals surface area (Å²) in [4.78, 5) is 14.9. The number of nitrogens with zero attached hydrogens (tertiary/aromatic N) is 3. The minimum absolute atomic E-state index is 0.00996. The average molecular weight is 312 g/mol. The van der Waals surface area contributed by atoms with Crippen molar-refractivity contribution in [3.63, 3.8) is 0 Å². The summed E-state index contributed by atoms with van der Waals surface area (Å²) < 4.78 is 5.19. The summed E-state index contributed by atoms with van der Waals surface area (Å²) in [6.45, 7) is 5.78. The number of non-ortho nitro benzene ring substituents is 1. The van der Waals surface area contributed by atoms with E-state index >= 15 is 0 Å². The maximum absolute atomic E-state index is 10.8. The Bertz CT molecular complexity index is 869. The first-order valence-electron chi connectivity index (χ1n) is 7.20. The molecular weight excluding hydrogens is 296 g/mol. The van der Waals surface area contributed by atoms with Crippen molar-refractivity contribution in [1.82, 2.24) is 10.1 Å². The molecule has 0 aliphatic heterocycles. The molecule has 1 N–H and O–H groups in total. The van der Waals surface area contributed by atoms with Crippen LogP contribution in [0.2, 0.25) is 0 Å². The van der Waals surface area contributed by atoms with Gasteiger partial charge in [-0.3, -0.25) is 10.1 Å². The predicted octanol–water partition coefficient (Wildman–Crippen LogP) is 3.92. The number of hydrogen-bond donors (Lipinski definition) is 1. The van der Waals surface area contributed by atoms with Crippen LogP contribution in [0.4, 0.5) is 11.5 Å². The van der Waals surface area contributed by atoms with Crippen molar-refractivity contribution in [2.24, 2.45) is 0 Å². The topological polar surface area (TPSA) is 94.1 Å². The molecule has 1 atom stereocenters. The Balaban J connectivity index is 1.89. The third-order valence-electron chi connectivity index (χ3n) is 3.77. The zero-order chi connectivity index (χ0) is 16.6. The third kappa shape index (κ3) is 2.85. The number of hydrogen-bond acceptors (Lipinski definition) is 6. The predicted molar refractivity (Wildman–Crippen MR) is 86.4 cm³/mol. The van der Waals surface area contributed by atoms with Crippen LogP contribution in [0, 0.1) is 24.0 Å². The molecular formula is C16H16N4O3. The highest BCUT2D eigenvalue weighted by Gasteiger charge is 2.17. The summed E-state index contributed by atoms with van der Waals surface area (Å²) in [5.74, 6) is 1.47. The van der Waals surface area contributed by atoms with Crippen LogP contribution in [0.25, 0.3) is 10.9 Å². The first-order valence-corrected chi connectivity index (χ1v) is 7.20. The first kappa shape index (κ1) is 15.0. The number of pyridine rings is 1. The SMILES string of the molecule is Cc1noc(C)c1C(C)Nc1ccc2cc([N+](=O)[O-])ccc2n1. The van der Waals surface area contributed by atoms with E-state index in [1.807, 2.05) is 26.8 Å². The first-order chi connectivity index (χ1) is 11.0. The fourth-order valence-electron chi connectivity index (χ4n) is 2.71. The number of nitro benzene ring substituents is 1. The molecule has 1 unspecified atom stereocenters. The smallest absolute Gasteiger partial charge is 0.270 e. The largest absolute Gasteiger partial charge is 0.363 e. The van der Waals surface area contributed by atoms with Gasteiger partial charge in [0.1, 0.15) is 11.6 Å². The molecule has 23 heavy (non-hydrogen) atoms. The Labute approximate surface area is 132 Å². The van der Waals surface area contributed by atoms with Crippen LogP contribution >= 0.6 is 0 Å². The summed E-state index contributed by atoms with van der Waals surface area (Å²) in [6, 6.07) is 8.24. The van der Waals surface area contributed by atoms with Crippen LogP contribution in [-0.2, 0) is 0 Å². The van der Waals surface area contributed by atoms with Gasteiger partial charge >= 0.3 is 0 Å². The molecule has 0 aliphatic rings. The summed E-state index contributed by atoms with van der Waals surface area (Å²) in [5, 5.41) is 18.8. The number of aromatic nitrogens is 2. The molecule has 7 heteroatoms. The number of benzene rings is 1. The lowest BCUT2D eigenvalue weighted by Crippen LogP contribution is -2.09. The van der Waals surface area contributed by atoms with Crippen LogP contribution in [-0.4, -0.2) is 15.1 Å². The second kappa shape index (κ2) is 5.68. The number of nitrogens with one attached hydrogen (secondary N) is 1. The van der Waals surface area contributed by atoms with E-state index in [1.54, 1.807) is 12.1 Å². The van der Waals surface area contributed by atoms with Gasteiger partial charge in [-0.15, -0.1) is 0 Å².